The number of aryl methyl sites for hydroxylation is 1. The van der Waals surface area contributed by atoms with E-state index in [1.54, 1.807) is 0 Å². The van der Waals surface area contributed by atoms with Gasteiger partial charge in [-0.15, -0.1) is 0 Å². The van der Waals surface area contributed by atoms with Crippen LogP contribution in [-0.2, 0) is 6.18 Å². The predicted octanol–water partition coefficient (Wildman–Crippen LogP) is 4.19. The summed E-state index contributed by atoms with van der Waals surface area (Å²) in [5.41, 5.74) is 1.50. The number of para-hydroxylation sites is 1. The van der Waals surface area contributed by atoms with Crippen molar-refractivity contribution in [2.45, 2.75) is 13.1 Å². The molecular weight excluding hydrogens is 379 g/mol. The van der Waals surface area contributed by atoms with Crippen LogP contribution in [0.15, 0.2) is 54.7 Å². The zero-order chi connectivity index (χ0) is 20.4. The Morgan fingerprint density at radius 1 is 0.862 bits per heavy atom. The van der Waals surface area contributed by atoms with Crippen LogP contribution in [0.1, 0.15) is 11.4 Å². The number of aromatic nitrogens is 3. The summed E-state index contributed by atoms with van der Waals surface area (Å²) in [6, 6.07) is 14.5. The first kappa shape index (κ1) is 19.2. The maximum absolute atomic E-state index is 12.7. The fourth-order valence-electron chi connectivity index (χ4n) is 3.37. The van der Waals surface area contributed by atoms with Gasteiger partial charge in [-0.3, -0.25) is 4.98 Å². The van der Waals surface area contributed by atoms with Crippen molar-refractivity contribution >= 4 is 11.5 Å². The van der Waals surface area contributed by atoms with Crippen LogP contribution in [-0.4, -0.2) is 41.1 Å². The van der Waals surface area contributed by atoms with Gasteiger partial charge in [0.05, 0.1) is 0 Å². The van der Waals surface area contributed by atoms with E-state index in [1.165, 1.54) is 18.0 Å². The molecule has 29 heavy (non-hydrogen) atoms. The minimum Gasteiger partial charge on any atom is -0.368 e. The van der Waals surface area contributed by atoms with Gasteiger partial charge >= 0.3 is 6.18 Å². The van der Waals surface area contributed by atoms with Gasteiger partial charge < -0.3 is 9.80 Å². The fourth-order valence-corrected chi connectivity index (χ4v) is 3.37. The molecule has 1 fully saturated rings. The SMILES string of the molecule is Cc1cc(N2CCN(c3ccccc3)CC2)nc(-c2ccc(C(F)(F)F)nc2)n1. The summed E-state index contributed by atoms with van der Waals surface area (Å²) in [6.07, 6.45) is -3.29. The van der Waals surface area contributed by atoms with Crippen LogP contribution < -0.4 is 9.80 Å². The van der Waals surface area contributed by atoms with Gasteiger partial charge in [0, 0.05) is 55.4 Å². The molecule has 0 saturated carbocycles. The summed E-state index contributed by atoms with van der Waals surface area (Å²) in [6.45, 7) is 5.19. The van der Waals surface area contributed by atoms with Crippen LogP contribution in [0.4, 0.5) is 24.7 Å². The molecule has 3 heterocycles. The Balaban J connectivity index is 1.52. The van der Waals surface area contributed by atoms with Crippen molar-refractivity contribution in [1.29, 1.82) is 0 Å². The van der Waals surface area contributed by atoms with Crippen LogP contribution in [0, 0.1) is 6.92 Å². The quantitative estimate of drug-likeness (QED) is 0.661. The Morgan fingerprint density at radius 2 is 1.55 bits per heavy atom. The van der Waals surface area contributed by atoms with Crippen LogP contribution in [0.25, 0.3) is 11.4 Å². The molecule has 150 valence electrons. The van der Waals surface area contributed by atoms with Crippen molar-refractivity contribution in [1.82, 2.24) is 15.0 Å². The van der Waals surface area contributed by atoms with Gasteiger partial charge in [0.2, 0.25) is 0 Å². The van der Waals surface area contributed by atoms with E-state index in [4.69, 9.17) is 0 Å². The Labute approximate surface area is 166 Å². The summed E-state index contributed by atoms with van der Waals surface area (Å²) in [5, 5.41) is 0. The molecule has 4 rings (SSSR count). The molecule has 0 radical (unpaired) electrons. The van der Waals surface area contributed by atoms with Gasteiger partial charge in [0.1, 0.15) is 11.5 Å². The van der Waals surface area contributed by atoms with Crippen molar-refractivity contribution in [3.8, 4) is 11.4 Å². The molecule has 1 aromatic carbocycles. The largest absolute Gasteiger partial charge is 0.433 e. The highest BCUT2D eigenvalue weighted by molar-refractivity contribution is 5.58. The summed E-state index contributed by atoms with van der Waals surface area (Å²) in [5.74, 6) is 1.16. The third-order valence-corrected chi connectivity index (χ3v) is 4.88. The van der Waals surface area contributed by atoms with E-state index < -0.39 is 11.9 Å². The minimum absolute atomic E-state index is 0.381. The lowest BCUT2D eigenvalue weighted by atomic mass is 10.2. The molecule has 0 unspecified atom stereocenters. The number of hydrogen-bond acceptors (Lipinski definition) is 5. The van der Waals surface area contributed by atoms with Gasteiger partial charge in [-0.05, 0) is 31.2 Å². The molecule has 0 N–H and O–H groups in total. The fraction of sp³-hybridized carbons (Fsp3) is 0.286. The highest BCUT2D eigenvalue weighted by Crippen LogP contribution is 2.29. The number of benzene rings is 1. The smallest absolute Gasteiger partial charge is 0.368 e. The Hall–Kier alpha value is -3.16. The zero-order valence-electron chi connectivity index (χ0n) is 15.9. The van der Waals surface area contributed by atoms with Crippen molar-refractivity contribution in [3.63, 3.8) is 0 Å². The number of piperazine rings is 1. The maximum Gasteiger partial charge on any atom is 0.433 e. The lowest BCUT2D eigenvalue weighted by Gasteiger charge is -2.36. The van der Waals surface area contributed by atoms with E-state index in [9.17, 15) is 13.2 Å². The molecule has 0 atom stereocenters. The number of anilines is 2. The summed E-state index contributed by atoms with van der Waals surface area (Å²) < 4.78 is 38.2. The molecule has 1 aliphatic rings. The highest BCUT2D eigenvalue weighted by atomic mass is 19.4. The number of rotatable bonds is 3. The molecule has 1 saturated heterocycles. The predicted molar refractivity (Wildman–Crippen MR) is 106 cm³/mol. The molecule has 2 aromatic heterocycles. The van der Waals surface area contributed by atoms with Crippen LogP contribution in [0.3, 0.4) is 0 Å². The molecule has 0 spiro atoms. The van der Waals surface area contributed by atoms with E-state index in [1.807, 2.05) is 31.2 Å². The topological polar surface area (TPSA) is 45.2 Å². The van der Waals surface area contributed by atoms with Crippen LogP contribution in [0.5, 0.6) is 0 Å². The van der Waals surface area contributed by atoms with Crippen molar-refractivity contribution in [2.24, 2.45) is 0 Å². The molecule has 0 amide bonds. The summed E-state index contributed by atoms with van der Waals surface area (Å²) in [7, 11) is 0. The lowest BCUT2D eigenvalue weighted by Crippen LogP contribution is -2.46. The zero-order valence-corrected chi connectivity index (χ0v) is 15.9. The number of halogens is 3. The van der Waals surface area contributed by atoms with Crippen LogP contribution in [0.2, 0.25) is 0 Å². The van der Waals surface area contributed by atoms with E-state index >= 15 is 0 Å². The Morgan fingerprint density at radius 3 is 2.17 bits per heavy atom. The second-order valence-corrected chi connectivity index (χ2v) is 6.93. The number of pyridine rings is 1. The van der Waals surface area contributed by atoms with Crippen molar-refractivity contribution in [2.75, 3.05) is 36.0 Å². The van der Waals surface area contributed by atoms with Crippen molar-refractivity contribution < 1.29 is 13.2 Å². The summed E-state index contributed by atoms with van der Waals surface area (Å²) in [4.78, 5) is 17.0. The van der Waals surface area contributed by atoms with Gasteiger partial charge in [-0.2, -0.15) is 13.2 Å². The molecule has 3 aromatic rings. The van der Waals surface area contributed by atoms with E-state index in [0.717, 1.165) is 43.8 Å². The summed E-state index contributed by atoms with van der Waals surface area (Å²) >= 11 is 0. The minimum atomic E-state index is -4.46. The molecule has 5 nitrogen and oxygen atoms in total. The average Bonchev–Trinajstić information content (AvgIpc) is 2.73. The molecule has 8 heteroatoms. The number of hydrogen-bond donors (Lipinski definition) is 0. The van der Waals surface area contributed by atoms with Gasteiger partial charge in [-0.25, -0.2) is 9.97 Å². The second kappa shape index (κ2) is 7.69. The van der Waals surface area contributed by atoms with E-state index in [-0.39, 0.29) is 0 Å². The average molecular weight is 399 g/mol. The van der Waals surface area contributed by atoms with Crippen molar-refractivity contribution in [3.05, 3.63) is 66.1 Å². The van der Waals surface area contributed by atoms with Crippen LogP contribution >= 0.6 is 0 Å². The Kier molecular flexibility index (Phi) is 5.08. The van der Waals surface area contributed by atoms with Gasteiger partial charge in [-0.1, -0.05) is 18.2 Å². The third kappa shape index (κ3) is 4.31. The van der Waals surface area contributed by atoms with E-state index in [0.29, 0.717) is 11.4 Å². The number of alkyl halides is 3. The third-order valence-electron chi connectivity index (χ3n) is 4.88. The van der Waals surface area contributed by atoms with Gasteiger partial charge in [0.15, 0.2) is 5.82 Å². The highest BCUT2D eigenvalue weighted by Gasteiger charge is 2.32. The first-order valence-electron chi connectivity index (χ1n) is 9.34. The molecular formula is C21H20F3N5. The lowest BCUT2D eigenvalue weighted by molar-refractivity contribution is -0.141. The monoisotopic (exact) mass is 399 g/mol. The number of nitrogens with zero attached hydrogens (tertiary/aromatic N) is 5. The molecule has 1 aliphatic heterocycles. The molecule has 0 bridgehead atoms. The Bertz CT molecular complexity index is 966. The maximum atomic E-state index is 12.7. The normalized spacial score (nSPS) is 14.9. The second-order valence-electron chi connectivity index (χ2n) is 6.93. The van der Waals surface area contributed by atoms with Gasteiger partial charge in [0.25, 0.3) is 0 Å². The molecule has 0 aliphatic carbocycles. The standard InChI is InChI=1S/C21H20F3N5/c1-15-13-19(29-11-9-28(10-12-29)17-5-3-2-4-6-17)27-20(26-15)16-7-8-18(25-14-16)21(22,23)24/h2-8,13-14H,9-12H2,1H3. The van der Waals surface area contributed by atoms with E-state index in [2.05, 4.69) is 36.9 Å². The first-order valence-corrected chi connectivity index (χ1v) is 9.34. The first-order chi connectivity index (χ1) is 13.9.